The molecular formula is C36H44N2. The number of benzene rings is 3. The van der Waals surface area contributed by atoms with Gasteiger partial charge < -0.3 is 9.80 Å². The molecule has 1 aliphatic rings. The lowest BCUT2D eigenvalue weighted by atomic mass is 9.81. The molecule has 4 rings (SSSR count). The van der Waals surface area contributed by atoms with Crippen molar-refractivity contribution < 1.29 is 0 Å². The molecule has 0 bridgehead atoms. The van der Waals surface area contributed by atoms with Crippen LogP contribution in [-0.4, -0.2) is 14.1 Å². The predicted molar refractivity (Wildman–Crippen MR) is 168 cm³/mol. The zero-order valence-electron chi connectivity index (χ0n) is 23.8. The van der Waals surface area contributed by atoms with Crippen molar-refractivity contribution >= 4 is 17.5 Å². The Morgan fingerprint density at radius 2 is 1.47 bits per heavy atom. The van der Waals surface area contributed by atoms with Gasteiger partial charge in [-0.3, -0.25) is 0 Å². The standard InChI is InChI=1S/C36H44N2/c1-7-27(2)11-14-30-9-8-10-36(25-30)38(29(4)32-17-12-28(3)13-18-32)26-31-15-19-33(20-16-31)34-21-23-35(24-22-34)37(5)6/h8-11,14-16,19-25,28,32H,2,4,7,12-13,17-18,26H2,1,3,5-6H3/b14-11+. The first kappa shape index (κ1) is 27.5. The van der Waals surface area contributed by atoms with Crippen LogP contribution in [-0.2, 0) is 6.54 Å². The molecule has 0 atom stereocenters. The van der Waals surface area contributed by atoms with E-state index in [1.165, 1.54) is 65.0 Å². The first-order chi connectivity index (χ1) is 18.3. The molecule has 1 aliphatic carbocycles. The zero-order chi connectivity index (χ0) is 27.1. The summed E-state index contributed by atoms with van der Waals surface area (Å²) in [5.41, 5.74) is 9.80. The minimum absolute atomic E-state index is 0.541. The van der Waals surface area contributed by atoms with Gasteiger partial charge in [-0.1, -0.05) is 106 Å². The normalized spacial score (nSPS) is 17.4. The molecule has 0 aliphatic heterocycles. The molecule has 2 heteroatoms. The monoisotopic (exact) mass is 504 g/mol. The number of hydrogen-bond acceptors (Lipinski definition) is 2. The average molecular weight is 505 g/mol. The fraction of sp³-hybridized carbons (Fsp3) is 0.333. The van der Waals surface area contributed by atoms with Crippen molar-refractivity contribution in [1.82, 2.24) is 0 Å². The van der Waals surface area contributed by atoms with Gasteiger partial charge in [0.15, 0.2) is 0 Å². The third kappa shape index (κ3) is 7.07. The number of nitrogens with zero attached hydrogens (tertiary/aromatic N) is 2. The molecule has 198 valence electrons. The highest BCUT2D eigenvalue weighted by molar-refractivity contribution is 5.67. The summed E-state index contributed by atoms with van der Waals surface area (Å²) in [6, 6.07) is 26.6. The SMILES string of the molecule is C=C(/C=C/c1cccc(N(Cc2ccc(-c3ccc(N(C)C)cc3)cc2)C(=C)C2CCC(C)CC2)c1)CC. The van der Waals surface area contributed by atoms with Gasteiger partial charge in [-0.25, -0.2) is 0 Å². The number of allylic oxidation sites excluding steroid dienone is 3. The second kappa shape index (κ2) is 12.8. The topological polar surface area (TPSA) is 6.48 Å². The third-order valence-corrected chi connectivity index (χ3v) is 7.99. The summed E-state index contributed by atoms with van der Waals surface area (Å²) in [7, 11) is 4.15. The largest absolute Gasteiger partial charge is 0.378 e. The summed E-state index contributed by atoms with van der Waals surface area (Å²) in [5.74, 6) is 1.37. The Labute approximate surface area is 231 Å². The molecule has 0 saturated heterocycles. The molecule has 0 unspecified atom stereocenters. The summed E-state index contributed by atoms with van der Waals surface area (Å²) < 4.78 is 0. The third-order valence-electron chi connectivity index (χ3n) is 7.99. The van der Waals surface area contributed by atoms with Gasteiger partial charge in [0.1, 0.15) is 0 Å². The fourth-order valence-corrected chi connectivity index (χ4v) is 5.24. The van der Waals surface area contributed by atoms with Crippen LogP contribution in [0.4, 0.5) is 11.4 Å². The second-order valence-electron chi connectivity index (χ2n) is 11.1. The van der Waals surface area contributed by atoms with E-state index in [0.29, 0.717) is 5.92 Å². The Bertz CT molecular complexity index is 1240. The van der Waals surface area contributed by atoms with Crippen molar-refractivity contribution in [2.75, 3.05) is 23.9 Å². The van der Waals surface area contributed by atoms with Gasteiger partial charge >= 0.3 is 0 Å². The van der Waals surface area contributed by atoms with E-state index in [0.717, 1.165) is 24.5 Å². The van der Waals surface area contributed by atoms with Crippen LogP contribution in [0.1, 0.15) is 57.1 Å². The van der Waals surface area contributed by atoms with Gasteiger partial charge in [0.05, 0.1) is 0 Å². The van der Waals surface area contributed by atoms with Crippen LogP contribution in [0.3, 0.4) is 0 Å². The minimum atomic E-state index is 0.541. The molecule has 0 aromatic heterocycles. The van der Waals surface area contributed by atoms with Gasteiger partial charge in [0.25, 0.3) is 0 Å². The Morgan fingerprint density at radius 3 is 2.08 bits per heavy atom. The van der Waals surface area contributed by atoms with E-state index < -0.39 is 0 Å². The first-order valence-corrected chi connectivity index (χ1v) is 14.1. The molecule has 0 heterocycles. The van der Waals surface area contributed by atoms with Gasteiger partial charge in [0.2, 0.25) is 0 Å². The molecule has 0 radical (unpaired) electrons. The molecule has 1 saturated carbocycles. The van der Waals surface area contributed by atoms with Gasteiger partial charge in [-0.05, 0) is 77.6 Å². The van der Waals surface area contributed by atoms with Gasteiger partial charge in [0, 0.05) is 37.7 Å². The smallest absolute Gasteiger partial charge is 0.0478 e. The van der Waals surface area contributed by atoms with Crippen LogP contribution in [0.15, 0.2) is 103 Å². The van der Waals surface area contributed by atoms with Gasteiger partial charge in [-0.15, -0.1) is 0 Å². The van der Waals surface area contributed by atoms with Crippen LogP contribution < -0.4 is 9.80 Å². The summed E-state index contributed by atoms with van der Waals surface area (Å²) in [6.07, 6.45) is 10.3. The number of rotatable bonds is 10. The number of anilines is 2. The van der Waals surface area contributed by atoms with Crippen molar-refractivity contribution in [2.45, 2.75) is 52.5 Å². The molecule has 3 aromatic rings. The van der Waals surface area contributed by atoms with Crippen LogP contribution in [0.25, 0.3) is 17.2 Å². The molecule has 2 nitrogen and oxygen atoms in total. The molecular weight excluding hydrogens is 460 g/mol. The van der Waals surface area contributed by atoms with Crippen molar-refractivity contribution in [3.8, 4) is 11.1 Å². The maximum Gasteiger partial charge on any atom is 0.0478 e. The molecule has 3 aromatic carbocycles. The summed E-state index contributed by atoms with van der Waals surface area (Å²) in [5, 5.41) is 0. The Hall–Kier alpha value is -3.52. The van der Waals surface area contributed by atoms with Crippen LogP contribution in [0.2, 0.25) is 0 Å². The predicted octanol–water partition coefficient (Wildman–Crippen LogP) is 9.75. The van der Waals surface area contributed by atoms with E-state index in [9.17, 15) is 0 Å². The molecule has 0 spiro atoms. The average Bonchev–Trinajstić information content (AvgIpc) is 2.95. The Balaban J connectivity index is 1.58. The summed E-state index contributed by atoms with van der Waals surface area (Å²) in [6.45, 7) is 14.1. The lowest BCUT2D eigenvalue weighted by molar-refractivity contribution is 0.316. The highest BCUT2D eigenvalue weighted by atomic mass is 15.1. The van der Waals surface area contributed by atoms with E-state index in [2.05, 4.69) is 136 Å². The van der Waals surface area contributed by atoms with Crippen molar-refractivity contribution in [3.05, 3.63) is 114 Å². The highest BCUT2D eigenvalue weighted by Gasteiger charge is 2.25. The van der Waals surface area contributed by atoms with Gasteiger partial charge in [-0.2, -0.15) is 0 Å². The van der Waals surface area contributed by atoms with Crippen molar-refractivity contribution in [1.29, 1.82) is 0 Å². The lowest BCUT2D eigenvalue weighted by Gasteiger charge is -2.35. The van der Waals surface area contributed by atoms with E-state index in [1.54, 1.807) is 0 Å². The van der Waals surface area contributed by atoms with E-state index in [-0.39, 0.29) is 0 Å². The van der Waals surface area contributed by atoms with E-state index >= 15 is 0 Å². The van der Waals surface area contributed by atoms with Crippen molar-refractivity contribution in [3.63, 3.8) is 0 Å². The lowest BCUT2D eigenvalue weighted by Crippen LogP contribution is -2.28. The van der Waals surface area contributed by atoms with Crippen molar-refractivity contribution in [2.24, 2.45) is 11.8 Å². The molecule has 38 heavy (non-hydrogen) atoms. The fourth-order valence-electron chi connectivity index (χ4n) is 5.24. The van der Waals surface area contributed by atoms with E-state index in [4.69, 9.17) is 0 Å². The van der Waals surface area contributed by atoms with Crippen LogP contribution in [0, 0.1) is 11.8 Å². The summed E-state index contributed by atoms with van der Waals surface area (Å²) in [4.78, 5) is 4.58. The highest BCUT2D eigenvalue weighted by Crippen LogP contribution is 2.36. The van der Waals surface area contributed by atoms with E-state index in [1.807, 2.05) is 0 Å². The molecule has 0 amide bonds. The Morgan fingerprint density at radius 1 is 0.842 bits per heavy atom. The van der Waals surface area contributed by atoms with Crippen LogP contribution in [0.5, 0.6) is 0 Å². The second-order valence-corrected chi connectivity index (χ2v) is 11.1. The number of hydrogen-bond donors (Lipinski definition) is 0. The minimum Gasteiger partial charge on any atom is -0.378 e. The maximum atomic E-state index is 4.67. The molecule has 0 N–H and O–H groups in total. The molecule has 1 fully saturated rings. The Kier molecular flexibility index (Phi) is 9.29. The summed E-state index contributed by atoms with van der Waals surface area (Å²) >= 11 is 0. The quantitative estimate of drug-likeness (QED) is 0.254. The first-order valence-electron chi connectivity index (χ1n) is 14.1. The maximum absolute atomic E-state index is 4.67. The van der Waals surface area contributed by atoms with Crippen LogP contribution >= 0.6 is 0 Å². The zero-order valence-corrected chi connectivity index (χ0v) is 23.8.